The number of hydrogen-bond donors (Lipinski definition) is 1. The normalized spacial score (nSPS) is 15.6. The van der Waals surface area contributed by atoms with Crippen molar-refractivity contribution >= 4 is 45.1 Å². The molecule has 1 aromatic heterocycles. The number of benzene rings is 1. The summed E-state index contributed by atoms with van der Waals surface area (Å²) in [4.78, 5) is 17.4. The molecule has 0 bridgehead atoms. The fourth-order valence-corrected chi connectivity index (χ4v) is 3.51. The van der Waals surface area contributed by atoms with Gasteiger partial charge in [-0.3, -0.25) is 4.79 Å². The van der Waals surface area contributed by atoms with Crippen LogP contribution in [0.5, 0.6) is 0 Å². The van der Waals surface area contributed by atoms with E-state index in [1.54, 1.807) is 0 Å². The van der Waals surface area contributed by atoms with E-state index in [-0.39, 0.29) is 5.91 Å². The van der Waals surface area contributed by atoms with Crippen molar-refractivity contribution in [2.24, 2.45) is 0 Å². The van der Waals surface area contributed by atoms with Crippen LogP contribution in [0, 0.1) is 4.77 Å². The summed E-state index contributed by atoms with van der Waals surface area (Å²) < 4.78 is 3.70. The Labute approximate surface area is 137 Å². The summed E-state index contributed by atoms with van der Waals surface area (Å²) in [6.45, 7) is 2.44. The smallest absolute Gasteiger partial charge is 0.224 e. The lowest BCUT2D eigenvalue weighted by atomic mass is 10.1. The van der Waals surface area contributed by atoms with Gasteiger partial charge in [-0.2, -0.15) is 0 Å². The van der Waals surface area contributed by atoms with Crippen molar-refractivity contribution in [3.63, 3.8) is 0 Å². The van der Waals surface area contributed by atoms with Crippen molar-refractivity contribution in [3.05, 3.63) is 27.4 Å². The number of hydrogen-bond acceptors (Lipinski definition) is 2. The van der Waals surface area contributed by atoms with Crippen LogP contribution in [0.4, 0.5) is 0 Å². The van der Waals surface area contributed by atoms with E-state index in [4.69, 9.17) is 12.2 Å². The van der Waals surface area contributed by atoms with Crippen molar-refractivity contribution in [2.75, 3.05) is 13.1 Å². The Morgan fingerprint density at radius 1 is 1.29 bits per heavy atom. The van der Waals surface area contributed by atoms with E-state index in [9.17, 15) is 4.79 Å². The summed E-state index contributed by atoms with van der Waals surface area (Å²) >= 11 is 8.85. The third kappa shape index (κ3) is 3.21. The van der Waals surface area contributed by atoms with Crippen molar-refractivity contribution in [3.8, 4) is 0 Å². The second-order valence-electron chi connectivity index (χ2n) is 5.43. The highest BCUT2D eigenvalue weighted by Gasteiger charge is 2.16. The molecule has 0 radical (unpaired) electrons. The van der Waals surface area contributed by atoms with Crippen LogP contribution >= 0.6 is 28.1 Å². The van der Waals surface area contributed by atoms with E-state index in [2.05, 4.69) is 20.9 Å². The number of likely N-dealkylation sites (tertiary alicyclic amines) is 1. The first-order valence-electron chi connectivity index (χ1n) is 7.31. The van der Waals surface area contributed by atoms with Gasteiger partial charge >= 0.3 is 0 Å². The largest absolute Gasteiger partial charge is 0.343 e. The third-order valence-electron chi connectivity index (χ3n) is 4.00. The molecule has 1 amide bonds. The Bertz CT molecular complexity index is 715. The lowest BCUT2D eigenvalue weighted by Crippen LogP contribution is -2.36. The molecular weight excluding hydrogens is 350 g/mol. The zero-order valence-electron chi connectivity index (χ0n) is 11.8. The van der Waals surface area contributed by atoms with Crippen molar-refractivity contribution in [2.45, 2.75) is 32.2 Å². The molecule has 112 valence electrons. The average molecular weight is 368 g/mol. The quantitative estimate of drug-likeness (QED) is 0.836. The third-order valence-corrected chi connectivity index (χ3v) is 4.81. The van der Waals surface area contributed by atoms with Gasteiger partial charge in [-0.15, -0.1) is 0 Å². The van der Waals surface area contributed by atoms with E-state index in [0.717, 1.165) is 41.4 Å². The first-order valence-corrected chi connectivity index (χ1v) is 8.51. The van der Waals surface area contributed by atoms with Crippen LogP contribution in [-0.2, 0) is 11.3 Å². The second-order valence-corrected chi connectivity index (χ2v) is 6.74. The fourth-order valence-electron chi connectivity index (χ4n) is 2.86. The predicted molar refractivity (Wildman–Crippen MR) is 89.9 cm³/mol. The summed E-state index contributed by atoms with van der Waals surface area (Å²) in [6.07, 6.45) is 4.01. The van der Waals surface area contributed by atoms with E-state index in [0.29, 0.717) is 17.7 Å². The lowest BCUT2D eigenvalue weighted by molar-refractivity contribution is -0.132. The molecule has 0 saturated carbocycles. The number of imidazole rings is 1. The molecule has 21 heavy (non-hydrogen) atoms. The number of halogens is 1. The van der Waals surface area contributed by atoms with Crippen molar-refractivity contribution < 1.29 is 4.79 Å². The molecular formula is C15H18BrN3OS. The number of carbonyl (C=O) groups is 1. The monoisotopic (exact) mass is 367 g/mol. The number of aromatic nitrogens is 2. The Balaban J connectivity index is 1.75. The highest BCUT2D eigenvalue weighted by Crippen LogP contribution is 2.20. The Morgan fingerprint density at radius 3 is 2.81 bits per heavy atom. The van der Waals surface area contributed by atoms with Gasteiger partial charge in [0.2, 0.25) is 5.91 Å². The SMILES string of the molecule is O=C(CCn1c(=S)[nH]c2ccc(Br)cc21)N1CCCCC1. The zero-order valence-corrected chi connectivity index (χ0v) is 14.2. The molecule has 2 heterocycles. The molecule has 1 N–H and O–H groups in total. The molecule has 1 aliphatic rings. The Kier molecular flexibility index (Phi) is 4.45. The van der Waals surface area contributed by atoms with Gasteiger partial charge in [0.25, 0.3) is 0 Å². The molecule has 0 spiro atoms. The molecule has 3 rings (SSSR count). The standard InChI is InChI=1S/C15H18BrN3OS/c16-11-4-5-12-13(10-11)19(15(21)17-12)9-6-14(20)18-7-2-1-3-8-18/h4-5,10H,1-3,6-9H2,(H,17,21). The van der Waals surface area contributed by atoms with Crippen molar-refractivity contribution in [1.29, 1.82) is 0 Å². The van der Waals surface area contributed by atoms with Gasteiger partial charge in [-0.05, 0) is 49.7 Å². The van der Waals surface area contributed by atoms with E-state index in [1.807, 2.05) is 27.7 Å². The van der Waals surface area contributed by atoms with Crippen LogP contribution in [-0.4, -0.2) is 33.4 Å². The second kappa shape index (κ2) is 6.32. The molecule has 0 atom stereocenters. The molecule has 6 heteroatoms. The molecule has 0 unspecified atom stereocenters. The van der Waals surface area contributed by atoms with Gasteiger partial charge in [0.05, 0.1) is 11.0 Å². The highest BCUT2D eigenvalue weighted by molar-refractivity contribution is 9.10. The van der Waals surface area contributed by atoms with Gasteiger partial charge in [-0.1, -0.05) is 15.9 Å². The average Bonchev–Trinajstić information content (AvgIpc) is 2.80. The molecule has 0 aliphatic carbocycles. The number of nitrogens with zero attached hydrogens (tertiary/aromatic N) is 2. The molecule has 1 saturated heterocycles. The van der Waals surface area contributed by atoms with E-state index in [1.165, 1.54) is 6.42 Å². The van der Waals surface area contributed by atoms with Gasteiger partial charge in [-0.25, -0.2) is 0 Å². The summed E-state index contributed by atoms with van der Waals surface area (Å²) in [6, 6.07) is 6.02. The summed E-state index contributed by atoms with van der Waals surface area (Å²) in [5.74, 6) is 0.237. The van der Waals surface area contributed by atoms with Crippen LogP contribution in [0.3, 0.4) is 0 Å². The minimum absolute atomic E-state index is 0.237. The first kappa shape index (κ1) is 14.8. The molecule has 1 aromatic carbocycles. The summed E-state index contributed by atoms with van der Waals surface area (Å²) in [5, 5.41) is 0. The minimum atomic E-state index is 0.237. The van der Waals surface area contributed by atoms with Crippen molar-refractivity contribution in [1.82, 2.24) is 14.5 Å². The van der Waals surface area contributed by atoms with Crippen LogP contribution in [0.25, 0.3) is 11.0 Å². The van der Waals surface area contributed by atoms with Gasteiger partial charge in [0.1, 0.15) is 0 Å². The van der Waals surface area contributed by atoms with Gasteiger partial charge in [0, 0.05) is 30.5 Å². The lowest BCUT2D eigenvalue weighted by Gasteiger charge is -2.26. The number of amides is 1. The number of fused-ring (bicyclic) bond motifs is 1. The van der Waals surface area contributed by atoms with Crippen LogP contribution < -0.4 is 0 Å². The number of H-pyrrole nitrogens is 1. The number of rotatable bonds is 3. The first-order chi connectivity index (χ1) is 10.1. The predicted octanol–water partition coefficient (Wildman–Crippen LogP) is 3.86. The van der Waals surface area contributed by atoms with E-state index >= 15 is 0 Å². The zero-order chi connectivity index (χ0) is 14.8. The van der Waals surface area contributed by atoms with Gasteiger partial charge < -0.3 is 14.5 Å². The molecule has 4 nitrogen and oxygen atoms in total. The number of aryl methyl sites for hydroxylation is 1. The molecule has 1 aliphatic heterocycles. The maximum absolute atomic E-state index is 12.3. The number of piperidine rings is 1. The number of nitrogens with one attached hydrogen (secondary N) is 1. The van der Waals surface area contributed by atoms with Gasteiger partial charge in [0.15, 0.2) is 4.77 Å². The highest BCUT2D eigenvalue weighted by atomic mass is 79.9. The Morgan fingerprint density at radius 2 is 2.05 bits per heavy atom. The fraction of sp³-hybridized carbons (Fsp3) is 0.467. The number of aromatic amines is 1. The molecule has 2 aromatic rings. The van der Waals surface area contributed by atoms with E-state index < -0.39 is 0 Å². The minimum Gasteiger partial charge on any atom is -0.343 e. The maximum Gasteiger partial charge on any atom is 0.224 e. The van der Waals surface area contributed by atoms with Crippen LogP contribution in [0.15, 0.2) is 22.7 Å². The Hall–Kier alpha value is -1.14. The molecule has 1 fully saturated rings. The van der Waals surface area contributed by atoms with Crippen LogP contribution in [0.2, 0.25) is 0 Å². The topological polar surface area (TPSA) is 41.0 Å². The summed E-state index contributed by atoms with van der Waals surface area (Å²) in [7, 11) is 0. The maximum atomic E-state index is 12.3. The summed E-state index contributed by atoms with van der Waals surface area (Å²) in [5.41, 5.74) is 2.05. The number of carbonyl (C=O) groups excluding carboxylic acids is 1. The van der Waals surface area contributed by atoms with Crippen LogP contribution in [0.1, 0.15) is 25.7 Å².